The third-order valence-electron chi connectivity index (χ3n) is 3.92. The lowest BCUT2D eigenvalue weighted by molar-refractivity contribution is 0.0373. The summed E-state index contributed by atoms with van der Waals surface area (Å²) in [5.74, 6) is 0.500. The highest BCUT2D eigenvalue weighted by atomic mass is 79.9. The van der Waals surface area contributed by atoms with E-state index in [0.29, 0.717) is 12.5 Å². The highest BCUT2D eigenvalue weighted by Crippen LogP contribution is 2.33. The Balaban J connectivity index is 2.19. The van der Waals surface area contributed by atoms with E-state index >= 15 is 0 Å². The quantitative estimate of drug-likeness (QED) is 0.775. The molecule has 2 heterocycles. The summed E-state index contributed by atoms with van der Waals surface area (Å²) in [5.41, 5.74) is 1.22. The van der Waals surface area contributed by atoms with Gasteiger partial charge in [0.1, 0.15) is 0 Å². The second-order valence-corrected chi connectivity index (χ2v) is 6.36. The Morgan fingerprint density at radius 1 is 1.62 bits per heavy atom. The van der Waals surface area contributed by atoms with Gasteiger partial charge < -0.3 is 14.8 Å². The predicted molar refractivity (Wildman–Crippen MR) is 86.4 cm³/mol. The van der Waals surface area contributed by atoms with E-state index in [0.717, 1.165) is 43.6 Å². The predicted octanol–water partition coefficient (Wildman–Crippen LogP) is 2.76. The van der Waals surface area contributed by atoms with E-state index in [1.807, 2.05) is 6.20 Å². The van der Waals surface area contributed by atoms with Crippen molar-refractivity contribution >= 4 is 15.9 Å². The molecule has 0 amide bonds. The van der Waals surface area contributed by atoms with Gasteiger partial charge in [0.15, 0.2) is 0 Å². The first-order valence-electron chi connectivity index (χ1n) is 7.79. The van der Waals surface area contributed by atoms with Crippen molar-refractivity contribution in [3.63, 3.8) is 0 Å². The van der Waals surface area contributed by atoms with E-state index in [1.54, 1.807) is 7.11 Å². The first-order valence-corrected chi connectivity index (χ1v) is 8.58. The third kappa shape index (κ3) is 4.52. The van der Waals surface area contributed by atoms with Gasteiger partial charge in [-0.1, -0.05) is 6.92 Å². The maximum Gasteiger partial charge on any atom is 0.0700 e. The van der Waals surface area contributed by atoms with Crippen molar-refractivity contribution in [3.05, 3.63) is 16.4 Å². The van der Waals surface area contributed by atoms with E-state index in [9.17, 15) is 0 Å². The number of nitrogens with one attached hydrogen (secondary N) is 1. The zero-order valence-corrected chi connectivity index (χ0v) is 14.6. The zero-order chi connectivity index (χ0) is 15.1. The summed E-state index contributed by atoms with van der Waals surface area (Å²) in [7, 11) is 1.72. The summed E-state index contributed by atoms with van der Waals surface area (Å²) in [6.07, 6.45) is 5.34. The Morgan fingerprint density at radius 3 is 3.14 bits per heavy atom. The number of aromatic nitrogens is 2. The van der Waals surface area contributed by atoms with Crippen LogP contribution in [0.15, 0.2) is 10.7 Å². The molecule has 1 aromatic rings. The lowest BCUT2D eigenvalue weighted by Gasteiger charge is -2.31. The van der Waals surface area contributed by atoms with Crippen molar-refractivity contribution in [1.29, 1.82) is 0 Å². The van der Waals surface area contributed by atoms with Crippen LogP contribution >= 0.6 is 15.9 Å². The minimum absolute atomic E-state index is 0.277. The highest BCUT2D eigenvalue weighted by molar-refractivity contribution is 9.10. The topological polar surface area (TPSA) is 48.3 Å². The molecule has 0 aromatic carbocycles. The molecule has 1 aliphatic heterocycles. The van der Waals surface area contributed by atoms with Crippen LogP contribution in [0.5, 0.6) is 0 Å². The number of halogens is 1. The van der Waals surface area contributed by atoms with Gasteiger partial charge in [-0.25, -0.2) is 0 Å². The average Bonchev–Trinajstić information content (AvgIpc) is 2.88. The molecular weight excluding hydrogens is 334 g/mol. The fourth-order valence-corrected chi connectivity index (χ4v) is 3.39. The third-order valence-corrected chi connectivity index (χ3v) is 4.53. The summed E-state index contributed by atoms with van der Waals surface area (Å²) >= 11 is 3.66. The molecule has 0 radical (unpaired) electrons. The lowest BCUT2D eigenvalue weighted by atomic mass is 9.91. The van der Waals surface area contributed by atoms with Gasteiger partial charge in [0, 0.05) is 19.6 Å². The summed E-state index contributed by atoms with van der Waals surface area (Å²) < 4.78 is 14.0. The van der Waals surface area contributed by atoms with E-state index in [4.69, 9.17) is 9.47 Å². The molecule has 120 valence electrons. The lowest BCUT2D eigenvalue weighted by Crippen LogP contribution is -2.35. The van der Waals surface area contributed by atoms with Crippen LogP contribution in [0.1, 0.15) is 37.9 Å². The van der Waals surface area contributed by atoms with E-state index in [1.165, 1.54) is 12.1 Å². The highest BCUT2D eigenvalue weighted by Gasteiger charge is 2.29. The van der Waals surface area contributed by atoms with E-state index < -0.39 is 0 Å². The number of rotatable bonds is 8. The summed E-state index contributed by atoms with van der Waals surface area (Å²) in [5, 5.41) is 8.17. The molecule has 1 aliphatic rings. The maximum atomic E-state index is 5.69. The summed E-state index contributed by atoms with van der Waals surface area (Å²) in [4.78, 5) is 0. The van der Waals surface area contributed by atoms with Gasteiger partial charge in [-0.05, 0) is 41.7 Å². The van der Waals surface area contributed by atoms with Gasteiger partial charge in [0.2, 0.25) is 0 Å². The first-order chi connectivity index (χ1) is 10.3. The zero-order valence-electron chi connectivity index (χ0n) is 13.0. The first kappa shape index (κ1) is 16.9. The van der Waals surface area contributed by atoms with Crippen LogP contribution in [0.3, 0.4) is 0 Å². The SMILES string of the molecule is CCCNC(c1c(Br)cnn1CCOC)C1CCCOC1. The molecule has 1 saturated heterocycles. The molecule has 0 spiro atoms. The summed E-state index contributed by atoms with van der Waals surface area (Å²) in [6, 6.07) is 0.277. The number of nitrogens with zero attached hydrogens (tertiary/aromatic N) is 2. The fourth-order valence-electron chi connectivity index (χ4n) is 2.85. The van der Waals surface area contributed by atoms with E-state index in [2.05, 4.69) is 38.0 Å². The van der Waals surface area contributed by atoms with Crippen LogP contribution in [0.2, 0.25) is 0 Å². The standard InChI is InChI=1S/C15H26BrN3O2/c1-3-6-17-14(12-5-4-8-21-11-12)15-13(16)10-18-19(15)7-9-20-2/h10,12,14,17H,3-9,11H2,1-2H3. The van der Waals surface area contributed by atoms with Crippen LogP contribution in [0.4, 0.5) is 0 Å². The van der Waals surface area contributed by atoms with Crippen LogP contribution in [0.25, 0.3) is 0 Å². The Morgan fingerprint density at radius 2 is 2.48 bits per heavy atom. The molecular formula is C15H26BrN3O2. The number of ether oxygens (including phenoxy) is 2. The fraction of sp³-hybridized carbons (Fsp3) is 0.800. The van der Waals surface area contributed by atoms with Gasteiger partial charge in [-0.3, -0.25) is 4.68 Å². The second-order valence-electron chi connectivity index (χ2n) is 5.50. The van der Waals surface area contributed by atoms with Crippen LogP contribution in [-0.4, -0.2) is 43.3 Å². The number of hydrogen-bond donors (Lipinski definition) is 1. The molecule has 0 saturated carbocycles. The Kier molecular flexibility index (Phi) is 7.16. The molecule has 1 fully saturated rings. The van der Waals surface area contributed by atoms with Crippen molar-refractivity contribution in [2.75, 3.05) is 33.5 Å². The van der Waals surface area contributed by atoms with E-state index in [-0.39, 0.29) is 6.04 Å². The molecule has 6 heteroatoms. The molecule has 2 rings (SSSR count). The van der Waals surface area contributed by atoms with Crippen molar-refractivity contribution in [3.8, 4) is 0 Å². The minimum Gasteiger partial charge on any atom is -0.383 e. The largest absolute Gasteiger partial charge is 0.383 e. The van der Waals surface area contributed by atoms with Gasteiger partial charge in [0.05, 0.1) is 42.2 Å². The molecule has 2 atom stereocenters. The Hall–Kier alpha value is -0.430. The van der Waals surface area contributed by atoms with Crippen molar-refractivity contribution in [1.82, 2.24) is 15.1 Å². The van der Waals surface area contributed by atoms with Gasteiger partial charge in [-0.15, -0.1) is 0 Å². The van der Waals surface area contributed by atoms with Gasteiger partial charge >= 0.3 is 0 Å². The molecule has 1 aromatic heterocycles. The molecule has 1 N–H and O–H groups in total. The molecule has 2 unspecified atom stereocenters. The van der Waals surface area contributed by atoms with Crippen molar-refractivity contribution in [2.45, 2.75) is 38.8 Å². The minimum atomic E-state index is 0.277. The van der Waals surface area contributed by atoms with Gasteiger partial charge in [0.25, 0.3) is 0 Å². The number of hydrogen-bond acceptors (Lipinski definition) is 4. The monoisotopic (exact) mass is 359 g/mol. The smallest absolute Gasteiger partial charge is 0.0700 e. The van der Waals surface area contributed by atoms with Gasteiger partial charge in [-0.2, -0.15) is 5.10 Å². The molecule has 21 heavy (non-hydrogen) atoms. The number of methoxy groups -OCH3 is 1. The van der Waals surface area contributed by atoms with Crippen LogP contribution < -0.4 is 5.32 Å². The van der Waals surface area contributed by atoms with Crippen LogP contribution in [-0.2, 0) is 16.0 Å². The normalized spacial score (nSPS) is 20.6. The van der Waals surface area contributed by atoms with Crippen molar-refractivity contribution in [2.24, 2.45) is 5.92 Å². The summed E-state index contributed by atoms with van der Waals surface area (Å²) in [6.45, 7) is 6.35. The molecule has 0 bridgehead atoms. The Labute approximate surface area is 135 Å². The van der Waals surface area contributed by atoms with Crippen molar-refractivity contribution < 1.29 is 9.47 Å². The maximum absolute atomic E-state index is 5.69. The second kappa shape index (κ2) is 8.88. The molecule has 5 nitrogen and oxygen atoms in total. The average molecular weight is 360 g/mol. The Bertz CT molecular complexity index is 419. The molecule has 0 aliphatic carbocycles. The van der Waals surface area contributed by atoms with Crippen LogP contribution in [0, 0.1) is 5.92 Å².